The van der Waals surface area contributed by atoms with Crippen LogP contribution in [0.25, 0.3) is 0 Å². The molecule has 2 N–H and O–H groups in total. The number of esters is 1. The van der Waals surface area contributed by atoms with E-state index in [0.29, 0.717) is 65.4 Å². The maximum Gasteiger partial charge on any atom is 0.319 e. The minimum absolute atomic E-state index is 0.0392. The third kappa shape index (κ3) is 15.2. The van der Waals surface area contributed by atoms with E-state index in [-0.39, 0.29) is 51.4 Å². The quantitative estimate of drug-likeness (QED) is 0.129. The molecule has 0 aromatic heterocycles. The second-order valence-electron chi connectivity index (χ2n) is 8.54. The largest absolute Gasteiger partial charge is 0.468 e. The van der Waals surface area contributed by atoms with Gasteiger partial charge in [0.15, 0.2) is 0 Å². The molecule has 1 rings (SSSR count). The van der Waals surface area contributed by atoms with Gasteiger partial charge in [-0.25, -0.2) is 0 Å². The number of aliphatic hydroxyl groups is 1. The second-order valence-corrected chi connectivity index (χ2v) is 8.54. The molecule has 0 aromatic carbocycles. The average molecular weight is 518 g/mol. The summed E-state index contributed by atoms with van der Waals surface area (Å²) in [5.74, 6) is -0.550. The molecular formula is C23H43N5O8. The van der Waals surface area contributed by atoms with Crippen molar-refractivity contribution in [3.8, 4) is 0 Å². The lowest BCUT2D eigenvalue weighted by molar-refractivity contribution is -0.142. The van der Waals surface area contributed by atoms with Crippen molar-refractivity contribution in [1.29, 1.82) is 0 Å². The normalized spacial score (nSPS) is 18.5. The molecule has 13 heteroatoms. The first-order chi connectivity index (χ1) is 17.4. The first-order valence-electron chi connectivity index (χ1n) is 12.3. The van der Waals surface area contributed by atoms with Crippen LogP contribution in [0, 0.1) is 0 Å². The number of rotatable bonds is 15. The van der Waals surface area contributed by atoms with Gasteiger partial charge in [0, 0.05) is 66.0 Å². The van der Waals surface area contributed by atoms with E-state index in [2.05, 4.69) is 10.2 Å². The second kappa shape index (κ2) is 20.1. The number of amides is 1. The Morgan fingerprint density at radius 1 is 0.861 bits per heavy atom. The predicted molar refractivity (Wildman–Crippen MR) is 132 cm³/mol. The Hall–Kier alpha value is -2.00. The van der Waals surface area contributed by atoms with Crippen LogP contribution in [0.4, 0.5) is 0 Å². The fraction of sp³-hybridized carbons (Fsp3) is 0.826. The topological polar surface area (TPSA) is 141 Å². The van der Waals surface area contributed by atoms with Crippen LogP contribution >= 0.6 is 0 Å². The third-order valence-electron chi connectivity index (χ3n) is 5.84. The molecule has 1 fully saturated rings. The standard InChI is InChI=1S/C23H43N5O8/c1-24-22(32)20-36-16-15-35-19-21(31)17-27-7-5-25(11-13-29)3-4-26(12-14-30)6-8-28(10-9-27)18-23(33)34-2/h13-14,21,31H,3-12,15-20H2,1-2H3,(H,24,32). The van der Waals surface area contributed by atoms with E-state index in [0.717, 1.165) is 12.6 Å². The molecule has 0 saturated carbocycles. The number of carbonyl (C=O) groups is 4. The molecule has 1 aliphatic rings. The first-order valence-corrected chi connectivity index (χ1v) is 12.3. The van der Waals surface area contributed by atoms with Gasteiger partial charge in [-0.2, -0.15) is 0 Å². The van der Waals surface area contributed by atoms with Gasteiger partial charge < -0.3 is 34.2 Å². The molecule has 208 valence electrons. The lowest BCUT2D eigenvalue weighted by atomic mass is 10.3. The summed E-state index contributed by atoms with van der Waals surface area (Å²) in [5, 5.41) is 13.0. The minimum atomic E-state index is -0.742. The van der Waals surface area contributed by atoms with E-state index in [1.807, 2.05) is 14.7 Å². The molecule has 1 unspecified atom stereocenters. The lowest BCUT2D eigenvalue weighted by Crippen LogP contribution is -2.49. The van der Waals surface area contributed by atoms with Gasteiger partial charge in [-0.15, -0.1) is 0 Å². The molecule has 1 aliphatic heterocycles. The van der Waals surface area contributed by atoms with E-state index >= 15 is 0 Å². The lowest BCUT2D eigenvalue weighted by Gasteiger charge is -2.33. The van der Waals surface area contributed by atoms with Crippen LogP contribution < -0.4 is 5.32 Å². The molecule has 0 radical (unpaired) electrons. The van der Waals surface area contributed by atoms with E-state index in [1.54, 1.807) is 0 Å². The van der Waals surface area contributed by atoms with Crippen LogP contribution in [0.5, 0.6) is 0 Å². The van der Waals surface area contributed by atoms with Crippen molar-refractivity contribution in [3.63, 3.8) is 0 Å². The summed E-state index contributed by atoms with van der Waals surface area (Å²) < 4.78 is 15.5. The number of aliphatic hydroxyl groups excluding tert-OH is 1. The minimum Gasteiger partial charge on any atom is -0.468 e. The molecular weight excluding hydrogens is 474 g/mol. The van der Waals surface area contributed by atoms with Crippen molar-refractivity contribution >= 4 is 24.4 Å². The molecule has 0 aromatic rings. The zero-order valence-electron chi connectivity index (χ0n) is 21.6. The van der Waals surface area contributed by atoms with Gasteiger partial charge >= 0.3 is 5.97 Å². The maximum absolute atomic E-state index is 11.9. The summed E-state index contributed by atoms with van der Waals surface area (Å²) in [6, 6.07) is 0. The molecule has 13 nitrogen and oxygen atoms in total. The highest BCUT2D eigenvalue weighted by atomic mass is 16.5. The Kier molecular flexibility index (Phi) is 17.9. The number of methoxy groups -OCH3 is 1. The van der Waals surface area contributed by atoms with Crippen LogP contribution in [0.15, 0.2) is 0 Å². The molecule has 0 aliphatic carbocycles. The Morgan fingerprint density at radius 2 is 1.36 bits per heavy atom. The van der Waals surface area contributed by atoms with E-state index in [9.17, 15) is 24.3 Å². The van der Waals surface area contributed by atoms with Crippen LogP contribution in [-0.4, -0.2) is 174 Å². The first kappa shape index (κ1) is 32.0. The number of ether oxygens (including phenoxy) is 3. The van der Waals surface area contributed by atoms with Gasteiger partial charge in [0.2, 0.25) is 5.91 Å². The van der Waals surface area contributed by atoms with Crippen molar-refractivity contribution < 1.29 is 38.5 Å². The summed E-state index contributed by atoms with van der Waals surface area (Å²) in [6.07, 6.45) is 0.987. The summed E-state index contributed by atoms with van der Waals surface area (Å²) >= 11 is 0. The molecule has 1 atom stereocenters. The van der Waals surface area contributed by atoms with E-state index in [4.69, 9.17) is 14.2 Å². The zero-order valence-corrected chi connectivity index (χ0v) is 21.6. The van der Waals surface area contributed by atoms with Gasteiger partial charge in [-0.3, -0.25) is 29.2 Å². The highest BCUT2D eigenvalue weighted by Crippen LogP contribution is 2.02. The number of nitrogens with zero attached hydrogens (tertiary/aromatic N) is 4. The molecule has 36 heavy (non-hydrogen) atoms. The summed E-state index contributed by atoms with van der Waals surface area (Å²) in [6.45, 7) is 6.46. The monoisotopic (exact) mass is 517 g/mol. The Labute approximate surface area is 213 Å². The van der Waals surface area contributed by atoms with Crippen LogP contribution in [0.3, 0.4) is 0 Å². The fourth-order valence-electron chi connectivity index (χ4n) is 3.67. The molecule has 0 spiro atoms. The van der Waals surface area contributed by atoms with E-state index in [1.165, 1.54) is 14.2 Å². The predicted octanol–water partition coefficient (Wildman–Crippen LogP) is -3.08. The van der Waals surface area contributed by atoms with Crippen molar-refractivity contribution in [3.05, 3.63) is 0 Å². The van der Waals surface area contributed by atoms with Crippen molar-refractivity contribution in [2.75, 3.05) is 119 Å². The van der Waals surface area contributed by atoms with Gasteiger partial charge in [0.25, 0.3) is 0 Å². The Bertz CT molecular complexity index is 642. The van der Waals surface area contributed by atoms with Crippen molar-refractivity contribution in [2.45, 2.75) is 6.10 Å². The van der Waals surface area contributed by atoms with E-state index < -0.39 is 6.10 Å². The molecule has 1 amide bonds. The van der Waals surface area contributed by atoms with Crippen LogP contribution in [0.2, 0.25) is 0 Å². The van der Waals surface area contributed by atoms with Crippen molar-refractivity contribution in [1.82, 2.24) is 24.9 Å². The number of aldehydes is 2. The fourth-order valence-corrected chi connectivity index (χ4v) is 3.67. The summed E-state index contributed by atoms with van der Waals surface area (Å²) in [5.41, 5.74) is 0. The highest BCUT2D eigenvalue weighted by molar-refractivity contribution is 5.76. The highest BCUT2D eigenvalue weighted by Gasteiger charge is 2.19. The number of hydrogen-bond acceptors (Lipinski definition) is 12. The number of nitrogens with one attached hydrogen (secondary N) is 1. The smallest absolute Gasteiger partial charge is 0.319 e. The van der Waals surface area contributed by atoms with Gasteiger partial charge in [0.05, 0.1) is 52.7 Å². The Morgan fingerprint density at radius 3 is 1.86 bits per heavy atom. The van der Waals surface area contributed by atoms with Gasteiger partial charge in [-0.1, -0.05) is 0 Å². The van der Waals surface area contributed by atoms with Crippen LogP contribution in [-0.2, 0) is 33.4 Å². The number of β-amino-alcohol motifs (C(OH)–C–C–N with tert-alkyl or cyclic N) is 1. The number of likely N-dealkylation sites (N-methyl/N-ethyl adjacent to an activating group) is 1. The molecule has 1 saturated heterocycles. The average Bonchev–Trinajstić information content (AvgIpc) is 2.87. The number of carbonyl (C=O) groups excluding carboxylic acids is 4. The summed E-state index contributed by atoms with van der Waals surface area (Å²) in [7, 11) is 2.89. The summed E-state index contributed by atoms with van der Waals surface area (Å²) in [4.78, 5) is 53.4. The van der Waals surface area contributed by atoms with Gasteiger partial charge in [0.1, 0.15) is 19.2 Å². The Balaban J connectivity index is 2.68. The molecule has 1 heterocycles. The number of hydrogen-bond donors (Lipinski definition) is 2. The van der Waals surface area contributed by atoms with Gasteiger partial charge in [-0.05, 0) is 0 Å². The third-order valence-corrected chi connectivity index (χ3v) is 5.84. The van der Waals surface area contributed by atoms with Crippen molar-refractivity contribution in [2.24, 2.45) is 0 Å². The maximum atomic E-state index is 11.9. The molecule has 0 bridgehead atoms. The van der Waals surface area contributed by atoms with Crippen LogP contribution in [0.1, 0.15) is 0 Å². The SMILES string of the molecule is CNC(=O)COCCOCC(O)CN1CCN(CC=O)CCN(CC=O)CCN(CC(=O)OC)CC1. The zero-order chi connectivity index (χ0) is 26.6.